The third kappa shape index (κ3) is 4.22. The average Bonchev–Trinajstić information content (AvgIpc) is 2.43. The van der Waals surface area contributed by atoms with Crippen molar-refractivity contribution in [1.29, 1.82) is 0 Å². The first kappa shape index (κ1) is 16.3. The summed E-state index contributed by atoms with van der Waals surface area (Å²) < 4.78 is 7.14. The van der Waals surface area contributed by atoms with E-state index in [9.17, 15) is 0 Å². The van der Waals surface area contributed by atoms with Crippen molar-refractivity contribution in [3.05, 3.63) is 57.0 Å². The Bertz CT molecular complexity index is 630. The highest BCUT2D eigenvalue weighted by Gasteiger charge is 2.13. The number of halogens is 2. The molecule has 1 atom stereocenters. The molecule has 2 nitrogen and oxygen atoms in total. The molecule has 0 aromatic heterocycles. The van der Waals surface area contributed by atoms with Crippen LogP contribution in [-0.2, 0) is 0 Å². The highest BCUT2D eigenvalue weighted by atomic mass is 79.9. The van der Waals surface area contributed by atoms with Gasteiger partial charge in [-0.15, -0.1) is 0 Å². The molecular formula is C17H19BrClNO. The Morgan fingerprint density at radius 1 is 1.19 bits per heavy atom. The number of hydrogen-bond acceptors (Lipinski definition) is 2. The standard InChI is InChI=1S/C17H19BrClNO/c1-4-20-12(3)15-10-13(18)5-7-17(15)21-16-8-6-14(19)9-11(16)2/h5-10,12,20H,4H2,1-3H3. The lowest BCUT2D eigenvalue weighted by Gasteiger charge is -2.18. The highest BCUT2D eigenvalue weighted by molar-refractivity contribution is 9.10. The van der Waals surface area contributed by atoms with Crippen LogP contribution in [0.1, 0.15) is 31.0 Å². The predicted molar refractivity (Wildman–Crippen MR) is 92.5 cm³/mol. The largest absolute Gasteiger partial charge is 0.457 e. The molecule has 0 saturated heterocycles. The molecule has 0 aliphatic rings. The van der Waals surface area contributed by atoms with Gasteiger partial charge in [0.15, 0.2) is 0 Å². The van der Waals surface area contributed by atoms with E-state index in [0.29, 0.717) is 0 Å². The van der Waals surface area contributed by atoms with Crippen molar-refractivity contribution in [1.82, 2.24) is 5.32 Å². The fourth-order valence-electron chi connectivity index (χ4n) is 2.21. The van der Waals surface area contributed by atoms with Crippen molar-refractivity contribution in [2.24, 2.45) is 0 Å². The molecule has 0 amide bonds. The normalized spacial score (nSPS) is 12.2. The molecule has 0 saturated carbocycles. The second kappa shape index (κ2) is 7.30. The van der Waals surface area contributed by atoms with Gasteiger partial charge in [-0.05, 0) is 62.4 Å². The van der Waals surface area contributed by atoms with E-state index in [2.05, 4.69) is 41.2 Å². The summed E-state index contributed by atoms with van der Waals surface area (Å²) in [4.78, 5) is 0. The van der Waals surface area contributed by atoms with Gasteiger partial charge < -0.3 is 10.1 Å². The van der Waals surface area contributed by atoms with E-state index < -0.39 is 0 Å². The third-order valence-corrected chi connectivity index (χ3v) is 4.03. The highest BCUT2D eigenvalue weighted by Crippen LogP contribution is 2.34. The molecule has 0 bridgehead atoms. The van der Waals surface area contributed by atoms with E-state index in [-0.39, 0.29) is 6.04 Å². The zero-order valence-corrected chi connectivity index (χ0v) is 14.8. The molecule has 0 heterocycles. The van der Waals surface area contributed by atoms with Crippen LogP contribution in [0, 0.1) is 6.92 Å². The van der Waals surface area contributed by atoms with Crippen molar-refractivity contribution < 1.29 is 4.74 Å². The van der Waals surface area contributed by atoms with Gasteiger partial charge in [0.2, 0.25) is 0 Å². The molecule has 1 N–H and O–H groups in total. The van der Waals surface area contributed by atoms with Crippen LogP contribution in [-0.4, -0.2) is 6.54 Å². The Morgan fingerprint density at radius 3 is 2.57 bits per heavy atom. The first-order valence-corrected chi connectivity index (χ1v) is 8.15. The molecule has 112 valence electrons. The fraction of sp³-hybridized carbons (Fsp3) is 0.294. The van der Waals surface area contributed by atoms with Crippen LogP contribution in [0.15, 0.2) is 40.9 Å². The fourth-order valence-corrected chi connectivity index (χ4v) is 2.82. The number of hydrogen-bond donors (Lipinski definition) is 1. The van der Waals surface area contributed by atoms with Crippen LogP contribution in [0.2, 0.25) is 5.02 Å². The second-order valence-electron chi connectivity index (χ2n) is 4.97. The van der Waals surface area contributed by atoms with E-state index in [1.165, 1.54) is 0 Å². The monoisotopic (exact) mass is 367 g/mol. The molecule has 0 fully saturated rings. The van der Waals surface area contributed by atoms with Gasteiger partial charge in [0, 0.05) is 21.1 Å². The molecule has 21 heavy (non-hydrogen) atoms. The van der Waals surface area contributed by atoms with Crippen LogP contribution in [0.4, 0.5) is 0 Å². The number of ether oxygens (including phenoxy) is 1. The van der Waals surface area contributed by atoms with Crippen LogP contribution < -0.4 is 10.1 Å². The summed E-state index contributed by atoms with van der Waals surface area (Å²) in [5.74, 6) is 1.68. The Labute approximate surface area is 139 Å². The van der Waals surface area contributed by atoms with E-state index >= 15 is 0 Å². The maximum absolute atomic E-state index is 6.10. The third-order valence-electron chi connectivity index (χ3n) is 3.31. The Kier molecular flexibility index (Phi) is 5.68. The number of benzene rings is 2. The van der Waals surface area contributed by atoms with Crippen LogP contribution >= 0.6 is 27.5 Å². The molecule has 0 aliphatic carbocycles. The molecule has 1 unspecified atom stereocenters. The van der Waals surface area contributed by atoms with E-state index in [1.807, 2.05) is 37.3 Å². The van der Waals surface area contributed by atoms with Crippen LogP contribution in [0.5, 0.6) is 11.5 Å². The summed E-state index contributed by atoms with van der Waals surface area (Å²) in [7, 11) is 0. The Morgan fingerprint density at radius 2 is 1.90 bits per heavy atom. The van der Waals surface area contributed by atoms with Crippen molar-refractivity contribution in [3.8, 4) is 11.5 Å². The van der Waals surface area contributed by atoms with Gasteiger partial charge in [-0.2, -0.15) is 0 Å². The number of aryl methyl sites for hydroxylation is 1. The number of nitrogens with one attached hydrogen (secondary N) is 1. The number of rotatable bonds is 5. The Balaban J connectivity index is 2.34. The summed E-state index contributed by atoms with van der Waals surface area (Å²) >= 11 is 9.52. The lowest BCUT2D eigenvalue weighted by molar-refractivity contribution is 0.460. The first-order valence-electron chi connectivity index (χ1n) is 6.98. The topological polar surface area (TPSA) is 21.3 Å². The van der Waals surface area contributed by atoms with Crippen molar-refractivity contribution in [3.63, 3.8) is 0 Å². The van der Waals surface area contributed by atoms with Gasteiger partial charge in [-0.1, -0.05) is 34.5 Å². The summed E-state index contributed by atoms with van der Waals surface area (Å²) in [6.07, 6.45) is 0. The molecule has 2 aromatic rings. The zero-order valence-electron chi connectivity index (χ0n) is 12.4. The first-order chi connectivity index (χ1) is 10.0. The summed E-state index contributed by atoms with van der Waals surface area (Å²) in [6, 6.07) is 11.9. The van der Waals surface area contributed by atoms with E-state index in [4.69, 9.17) is 16.3 Å². The molecule has 0 aliphatic heterocycles. The minimum absolute atomic E-state index is 0.218. The lowest BCUT2D eigenvalue weighted by atomic mass is 10.1. The molecule has 0 radical (unpaired) electrons. The smallest absolute Gasteiger partial charge is 0.132 e. The molecule has 2 rings (SSSR count). The second-order valence-corrected chi connectivity index (χ2v) is 6.33. The summed E-state index contributed by atoms with van der Waals surface area (Å²) in [5, 5.41) is 4.14. The van der Waals surface area contributed by atoms with Crippen LogP contribution in [0.3, 0.4) is 0 Å². The van der Waals surface area contributed by atoms with Gasteiger partial charge in [-0.3, -0.25) is 0 Å². The SMILES string of the molecule is CCNC(C)c1cc(Br)ccc1Oc1ccc(Cl)cc1C. The van der Waals surface area contributed by atoms with Gasteiger partial charge in [0.25, 0.3) is 0 Å². The molecular weight excluding hydrogens is 350 g/mol. The van der Waals surface area contributed by atoms with Crippen molar-refractivity contribution >= 4 is 27.5 Å². The van der Waals surface area contributed by atoms with Crippen molar-refractivity contribution in [2.45, 2.75) is 26.8 Å². The molecule has 2 aromatic carbocycles. The van der Waals surface area contributed by atoms with Gasteiger partial charge >= 0.3 is 0 Å². The van der Waals surface area contributed by atoms with Gasteiger partial charge in [0.05, 0.1) is 0 Å². The van der Waals surface area contributed by atoms with Gasteiger partial charge in [-0.25, -0.2) is 0 Å². The maximum Gasteiger partial charge on any atom is 0.132 e. The minimum atomic E-state index is 0.218. The predicted octanol–water partition coefficient (Wildman–Crippen LogP) is 5.87. The van der Waals surface area contributed by atoms with Crippen LogP contribution in [0.25, 0.3) is 0 Å². The summed E-state index contributed by atoms with van der Waals surface area (Å²) in [5.41, 5.74) is 2.15. The van der Waals surface area contributed by atoms with E-state index in [0.717, 1.165) is 38.7 Å². The minimum Gasteiger partial charge on any atom is -0.457 e. The average molecular weight is 369 g/mol. The quantitative estimate of drug-likeness (QED) is 0.712. The maximum atomic E-state index is 6.10. The lowest BCUT2D eigenvalue weighted by Crippen LogP contribution is -2.18. The molecule has 4 heteroatoms. The van der Waals surface area contributed by atoms with Gasteiger partial charge in [0.1, 0.15) is 11.5 Å². The van der Waals surface area contributed by atoms with Crippen molar-refractivity contribution in [2.75, 3.05) is 6.54 Å². The zero-order chi connectivity index (χ0) is 15.4. The van der Waals surface area contributed by atoms with E-state index in [1.54, 1.807) is 0 Å². The Hall–Kier alpha value is -1.03. The summed E-state index contributed by atoms with van der Waals surface area (Å²) in [6.45, 7) is 7.13. The molecule has 0 spiro atoms.